The van der Waals surface area contributed by atoms with Crippen LogP contribution in [0.1, 0.15) is 25.7 Å². The van der Waals surface area contributed by atoms with Gasteiger partial charge < -0.3 is 4.74 Å². The van der Waals surface area contributed by atoms with Crippen molar-refractivity contribution in [1.82, 2.24) is 0 Å². The lowest BCUT2D eigenvalue weighted by molar-refractivity contribution is -0.155. The molecule has 0 N–H and O–H groups in total. The smallest absolute Gasteiger partial charge is 0.382 e. The van der Waals surface area contributed by atoms with Crippen LogP contribution in [0, 0.1) is 5.92 Å². The van der Waals surface area contributed by atoms with Crippen molar-refractivity contribution in [2.24, 2.45) is 5.92 Å². The van der Waals surface area contributed by atoms with Gasteiger partial charge >= 0.3 is 11.8 Å². The van der Waals surface area contributed by atoms with Crippen LogP contribution in [0.25, 0.3) is 0 Å². The minimum atomic E-state index is -1.04. The zero-order valence-corrected chi connectivity index (χ0v) is 7.54. The highest BCUT2D eigenvalue weighted by Crippen LogP contribution is 2.25. The minimum absolute atomic E-state index is 0.244. The molecule has 0 aromatic carbocycles. The third kappa shape index (κ3) is 2.14. The number of esters is 1. The molecule has 4 heteroatoms. The highest BCUT2D eigenvalue weighted by atomic mass is 16.5. The molecule has 1 aliphatic rings. The van der Waals surface area contributed by atoms with Gasteiger partial charge in [0.1, 0.15) is 0 Å². The van der Waals surface area contributed by atoms with Crippen molar-refractivity contribution in [2.75, 3.05) is 7.11 Å². The van der Waals surface area contributed by atoms with E-state index < -0.39 is 17.5 Å². The average molecular weight is 184 g/mol. The zero-order valence-electron chi connectivity index (χ0n) is 7.54. The fraction of sp³-hybridized carbons (Fsp3) is 0.667. The second-order valence-corrected chi connectivity index (χ2v) is 3.17. The van der Waals surface area contributed by atoms with E-state index in [4.69, 9.17) is 0 Å². The van der Waals surface area contributed by atoms with E-state index in [1.165, 1.54) is 0 Å². The first kappa shape index (κ1) is 9.89. The Hall–Kier alpha value is -1.19. The largest absolute Gasteiger partial charge is 0.463 e. The van der Waals surface area contributed by atoms with Crippen molar-refractivity contribution in [2.45, 2.75) is 25.7 Å². The monoisotopic (exact) mass is 184 g/mol. The van der Waals surface area contributed by atoms with E-state index >= 15 is 0 Å². The van der Waals surface area contributed by atoms with E-state index in [1.54, 1.807) is 0 Å². The molecule has 0 spiro atoms. The number of ether oxygens (including phenoxy) is 1. The van der Waals surface area contributed by atoms with E-state index in [0.717, 1.165) is 32.8 Å². The van der Waals surface area contributed by atoms with Gasteiger partial charge in [-0.3, -0.25) is 9.59 Å². The Morgan fingerprint density at radius 2 is 1.69 bits per heavy atom. The van der Waals surface area contributed by atoms with Crippen LogP contribution in [-0.4, -0.2) is 24.6 Å². The highest BCUT2D eigenvalue weighted by Gasteiger charge is 2.32. The molecule has 0 aliphatic heterocycles. The minimum Gasteiger partial charge on any atom is -0.463 e. The van der Waals surface area contributed by atoms with Crippen molar-refractivity contribution in [1.29, 1.82) is 0 Å². The summed E-state index contributed by atoms with van der Waals surface area (Å²) in [6.45, 7) is 0. The van der Waals surface area contributed by atoms with Crippen molar-refractivity contribution >= 4 is 17.5 Å². The summed E-state index contributed by atoms with van der Waals surface area (Å²) in [5.41, 5.74) is 0. The Morgan fingerprint density at radius 3 is 2.15 bits per heavy atom. The molecule has 0 aromatic rings. The molecular formula is C9H12O4. The Morgan fingerprint density at radius 1 is 1.15 bits per heavy atom. The summed E-state index contributed by atoms with van der Waals surface area (Å²) in [4.78, 5) is 33.0. The number of hydrogen-bond acceptors (Lipinski definition) is 4. The summed E-state index contributed by atoms with van der Waals surface area (Å²) in [5.74, 6) is -2.87. The third-order valence-corrected chi connectivity index (χ3v) is 2.32. The number of rotatable bonds is 3. The number of methoxy groups -OCH3 is 1. The van der Waals surface area contributed by atoms with Crippen LogP contribution in [0.15, 0.2) is 0 Å². The maximum atomic E-state index is 11.3. The van der Waals surface area contributed by atoms with Crippen molar-refractivity contribution < 1.29 is 19.1 Å². The first-order chi connectivity index (χ1) is 6.16. The van der Waals surface area contributed by atoms with Gasteiger partial charge in [0.15, 0.2) is 0 Å². The molecule has 13 heavy (non-hydrogen) atoms. The lowest BCUT2D eigenvalue weighted by atomic mass is 9.99. The molecule has 0 saturated heterocycles. The second-order valence-electron chi connectivity index (χ2n) is 3.17. The lowest BCUT2D eigenvalue weighted by Gasteiger charge is -2.04. The van der Waals surface area contributed by atoms with Crippen molar-refractivity contribution in [3.8, 4) is 0 Å². The van der Waals surface area contributed by atoms with Crippen LogP contribution in [-0.2, 0) is 19.1 Å². The number of carbonyl (C=O) groups excluding carboxylic acids is 3. The molecule has 1 rings (SSSR count). The van der Waals surface area contributed by atoms with Gasteiger partial charge in [-0.15, -0.1) is 0 Å². The van der Waals surface area contributed by atoms with E-state index in [0.29, 0.717) is 0 Å². The second kappa shape index (κ2) is 4.16. The highest BCUT2D eigenvalue weighted by molar-refractivity contribution is 6.62. The summed E-state index contributed by atoms with van der Waals surface area (Å²) in [7, 11) is 1.10. The number of carbonyl (C=O) groups is 3. The Kier molecular flexibility index (Phi) is 3.17. The van der Waals surface area contributed by atoms with Crippen LogP contribution in [0.3, 0.4) is 0 Å². The van der Waals surface area contributed by atoms with E-state index in [9.17, 15) is 14.4 Å². The van der Waals surface area contributed by atoms with Gasteiger partial charge in [-0.1, -0.05) is 12.8 Å². The van der Waals surface area contributed by atoms with Crippen molar-refractivity contribution in [3.63, 3.8) is 0 Å². The van der Waals surface area contributed by atoms with Crippen LogP contribution < -0.4 is 0 Å². The first-order valence-electron chi connectivity index (χ1n) is 4.33. The van der Waals surface area contributed by atoms with Gasteiger partial charge in [-0.05, 0) is 12.8 Å². The predicted octanol–water partition coefficient (Wildman–Crippen LogP) is 0.488. The van der Waals surface area contributed by atoms with Crippen LogP contribution >= 0.6 is 0 Å². The van der Waals surface area contributed by atoms with Crippen LogP contribution in [0.2, 0.25) is 0 Å². The van der Waals surface area contributed by atoms with Gasteiger partial charge in [0, 0.05) is 5.92 Å². The summed E-state index contributed by atoms with van der Waals surface area (Å²) in [6, 6.07) is 0. The van der Waals surface area contributed by atoms with Gasteiger partial charge in [0.2, 0.25) is 5.78 Å². The van der Waals surface area contributed by atoms with E-state index in [1.807, 2.05) is 0 Å². The van der Waals surface area contributed by atoms with Gasteiger partial charge in [-0.25, -0.2) is 4.79 Å². The molecule has 72 valence electrons. The summed E-state index contributed by atoms with van der Waals surface area (Å²) in [6.07, 6.45) is 3.37. The fourth-order valence-corrected chi connectivity index (χ4v) is 1.57. The molecule has 0 aromatic heterocycles. The molecule has 1 saturated carbocycles. The normalized spacial score (nSPS) is 17.0. The number of Topliss-reactive ketones (excluding diaryl/α,β-unsaturated/α-hetero) is 2. The summed E-state index contributed by atoms with van der Waals surface area (Å²) >= 11 is 0. The quantitative estimate of drug-likeness (QED) is 0.364. The van der Waals surface area contributed by atoms with E-state index in [2.05, 4.69) is 4.74 Å². The standard InChI is InChI=1S/C9H12O4/c1-13-9(12)8(11)7(10)6-4-2-3-5-6/h6H,2-5H2,1H3. The molecular weight excluding hydrogens is 172 g/mol. The Balaban J connectivity index is 2.56. The number of hydrogen-bond donors (Lipinski definition) is 0. The average Bonchev–Trinajstić information content (AvgIpc) is 2.67. The molecule has 0 amide bonds. The SMILES string of the molecule is COC(=O)C(=O)C(=O)C1CCCC1. The molecule has 4 nitrogen and oxygen atoms in total. The third-order valence-electron chi connectivity index (χ3n) is 2.32. The first-order valence-corrected chi connectivity index (χ1v) is 4.33. The predicted molar refractivity (Wildman–Crippen MR) is 44.0 cm³/mol. The Bertz CT molecular complexity index is 238. The van der Waals surface area contributed by atoms with Gasteiger partial charge in [0.05, 0.1) is 7.11 Å². The Labute approximate surface area is 76.3 Å². The molecule has 1 fully saturated rings. The van der Waals surface area contributed by atoms with Crippen LogP contribution in [0.4, 0.5) is 0 Å². The van der Waals surface area contributed by atoms with Crippen molar-refractivity contribution in [3.05, 3.63) is 0 Å². The summed E-state index contributed by atoms with van der Waals surface area (Å²) < 4.78 is 4.18. The van der Waals surface area contributed by atoms with Gasteiger partial charge in [0.25, 0.3) is 0 Å². The maximum Gasteiger partial charge on any atom is 0.382 e. The summed E-state index contributed by atoms with van der Waals surface area (Å²) in [5, 5.41) is 0. The number of ketones is 2. The molecule has 0 bridgehead atoms. The molecule has 0 radical (unpaired) electrons. The van der Waals surface area contributed by atoms with Gasteiger partial charge in [-0.2, -0.15) is 0 Å². The lowest BCUT2D eigenvalue weighted by Crippen LogP contribution is -2.29. The molecule has 1 aliphatic carbocycles. The topological polar surface area (TPSA) is 60.4 Å². The molecule has 0 atom stereocenters. The molecule has 0 heterocycles. The maximum absolute atomic E-state index is 11.3. The zero-order chi connectivity index (χ0) is 9.84. The van der Waals surface area contributed by atoms with Crippen LogP contribution in [0.5, 0.6) is 0 Å². The molecule has 0 unspecified atom stereocenters. The fourth-order valence-electron chi connectivity index (χ4n) is 1.57. The van der Waals surface area contributed by atoms with E-state index in [-0.39, 0.29) is 5.92 Å².